The number of ether oxygens (including phenoxy) is 2. The van der Waals surface area contributed by atoms with E-state index >= 15 is 0 Å². The van der Waals surface area contributed by atoms with E-state index in [0.29, 0.717) is 30.2 Å². The Labute approximate surface area is 148 Å². The van der Waals surface area contributed by atoms with Crippen LogP contribution in [0.25, 0.3) is 0 Å². The van der Waals surface area contributed by atoms with Crippen LogP contribution in [0.5, 0.6) is 11.5 Å². The van der Waals surface area contributed by atoms with Crippen molar-refractivity contribution in [3.63, 3.8) is 0 Å². The van der Waals surface area contributed by atoms with Gasteiger partial charge in [-0.25, -0.2) is 0 Å². The Morgan fingerprint density at radius 1 is 1.08 bits per heavy atom. The first-order chi connectivity index (χ1) is 12.0. The van der Waals surface area contributed by atoms with Crippen molar-refractivity contribution >= 4 is 5.91 Å². The van der Waals surface area contributed by atoms with Crippen molar-refractivity contribution in [3.8, 4) is 11.5 Å². The minimum atomic E-state index is -0.0689. The second kappa shape index (κ2) is 7.15. The third kappa shape index (κ3) is 3.33. The van der Waals surface area contributed by atoms with Crippen LogP contribution in [0.4, 0.5) is 0 Å². The zero-order chi connectivity index (χ0) is 18.0. The average molecular weight is 340 g/mol. The summed E-state index contributed by atoms with van der Waals surface area (Å²) in [4.78, 5) is 14.8. The van der Waals surface area contributed by atoms with E-state index in [1.807, 2.05) is 30.0 Å². The number of methoxy groups -OCH3 is 2. The highest BCUT2D eigenvalue weighted by Crippen LogP contribution is 2.32. The minimum Gasteiger partial charge on any atom is -0.496 e. The van der Waals surface area contributed by atoms with Crippen molar-refractivity contribution in [2.45, 2.75) is 18.9 Å². The fourth-order valence-electron chi connectivity index (χ4n) is 3.44. The van der Waals surface area contributed by atoms with Gasteiger partial charge in [-0.05, 0) is 24.6 Å². The van der Waals surface area contributed by atoms with Gasteiger partial charge in [0.05, 0.1) is 14.2 Å². The van der Waals surface area contributed by atoms with Crippen LogP contribution in [0, 0.1) is 6.92 Å². The lowest BCUT2D eigenvalue weighted by atomic mass is 9.95. The second-order valence-corrected chi connectivity index (χ2v) is 6.40. The molecule has 0 aromatic heterocycles. The number of benzene rings is 2. The SMILES string of the molecule is COc1cc(C(=O)N2C[C@@H](N)[C@H](c3ccccc3)C2)cc(OC)c1C. The Kier molecular flexibility index (Phi) is 4.95. The predicted octanol–water partition coefficient (Wildman–Crippen LogP) is 2.58. The van der Waals surface area contributed by atoms with Gasteiger partial charge in [0.2, 0.25) is 0 Å². The number of rotatable bonds is 4. The summed E-state index contributed by atoms with van der Waals surface area (Å²) in [6, 6.07) is 13.6. The fourth-order valence-corrected chi connectivity index (χ4v) is 3.44. The highest BCUT2D eigenvalue weighted by Gasteiger charge is 2.34. The van der Waals surface area contributed by atoms with E-state index < -0.39 is 0 Å². The van der Waals surface area contributed by atoms with Gasteiger partial charge in [0, 0.05) is 36.2 Å². The lowest BCUT2D eigenvalue weighted by Gasteiger charge is -2.18. The Bertz CT molecular complexity index is 736. The van der Waals surface area contributed by atoms with E-state index in [4.69, 9.17) is 15.2 Å². The molecule has 0 unspecified atom stereocenters. The maximum Gasteiger partial charge on any atom is 0.254 e. The van der Waals surface area contributed by atoms with Crippen LogP contribution in [0.3, 0.4) is 0 Å². The molecule has 25 heavy (non-hydrogen) atoms. The molecule has 1 aliphatic rings. The van der Waals surface area contributed by atoms with E-state index in [2.05, 4.69) is 12.1 Å². The van der Waals surface area contributed by atoms with Crippen LogP contribution in [-0.4, -0.2) is 44.2 Å². The summed E-state index contributed by atoms with van der Waals surface area (Å²) in [5.74, 6) is 1.39. The molecule has 3 rings (SSSR count). The van der Waals surface area contributed by atoms with Gasteiger partial charge in [-0.3, -0.25) is 4.79 Å². The predicted molar refractivity (Wildman–Crippen MR) is 97.3 cm³/mol. The Balaban J connectivity index is 1.85. The first-order valence-electron chi connectivity index (χ1n) is 8.37. The number of nitrogens with zero attached hydrogens (tertiary/aromatic N) is 1. The third-order valence-corrected chi connectivity index (χ3v) is 4.88. The lowest BCUT2D eigenvalue weighted by molar-refractivity contribution is 0.0788. The highest BCUT2D eigenvalue weighted by atomic mass is 16.5. The van der Waals surface area contributed by atoms with Crippen LogP contribution in [0.1, 0.15) is 27.4 Å². The molecule has 0 radical (unpaired) electrons. The van der Waals surface area contributed by atoms with Crippen LogP contribution < -0.4 is 15.2 Å². The van der Waals surface area contributed by atoms with Crippen molar-refractivity contribution in [2.75, 3.05) is 27.3 Å². The molecule has 1 fully saturated rings. The molecule has 2 aromatic carbocycles. The van der Waals surface area contributed by atoms with Crippen molar-refractivity contribution < 1.29 is 14.3 Å². The van der Waals surface area contributed by atoms with E-state index in [9.17, 15) is 4.79 Å². The van der Waals surface area contributed by atoms with Crippen molar-refractivity contribution in [3.05, 3.63) is 59.2 Å². The Morgan fingerprint density at radius 2 is 1.68 bits per heavy atom. The van der Waals surface area contributed by atoms with Crippen molar-refractivity contribution in [1.29, 1.82) is 0 Å². The molecule has 0 aliphatic carbocycles. The van der Waals surface area contributed by atoms with Gasteiger partial charge < -0.3 is 20.1 Å². The number of carbonyl (C=O) groups is 1. The fraction of sp³-hybridized carbons (Fsp3) is 0.350. The monoisotopic (exact) mass is 340 g/mol. The molecular weight excluding hydrogens is 316 g/mol. The summed E-state index contributed by atoms with van der Waals surface area (Å²) in [5.41, 5.74) is 8.91. The molecule has 0 bridgehead atoms. The first-order valence-corrected chi connectivity index (χ1v) is 8.37. The highest BCUT2D eigenvalue weighted by molar-refractivity contribution is 5.95. The Hall–Kier alpha value is -2.53. The minimum absolute atomic E-state index is 0.0505. The van der Waals surface area contributed by atoms with Gasteiger partial charge in [0.15, 0.2) is 0 Å². The molecule has 0 spiro atoms. The topological polar surface area (TPSA) is 64.8 Å². The van der Waals surface area contributed by atoms with Crippen LogP contribution in [0.15, 0.2) is 42.5 Å². The maximum atomic E-state index is 13.0. The number of likely N-dealkylation sites (tertiary alicyclic amines) is 1. The van der Waals surface area contributed by atoms with Crippen molar-refractivity contribution in [2.24, 2.45) is 5.73 Å². The quantitative estimate of drug-likeness (QED) is 0.929. The maximum absolute atomic E-state index is 13.0. The number of nitrogens with two attached hydrogens (primary N) is 1. The van der Waals surface area contributed by atoms with Gasteiger partial charge in [-0.15, -0.1) is 0 Å². The molecule has 2 N–H and O–H groups in total. The molecule has 5 nitrogen and oxygen atoms in total. The lowest BCUT2D eigenvalue weighted by Crippen LogP contribution is -2.32. The molecule has 1 saturated heterocycles. The van der Waals surface area contributed by atoms with Crippen LogP contribution in [-0.2, 0) is 0 Å². The molecule has 2 atom stereocenters. The van der Waals surface area contributed by atoms with Crippen LogP contribution >= 0.6 is 0 Å². The number of hydrogen-bond acceptors (Lipinski definition) is 4. The zero-order valence-electron chi connectivity index (χ0n) is 14.9. The molecular formula is C20H24N2O3. The molecule has 1 amide bonds. The normalized spacial score (nSPS) is 19.8. The van der Waals surface area contributed by atoms with Gasteiger partial charge in [0.25, 0.3) is 5.91 Å². The first kappa shape index (κ1) is 17.3. The average Bonchev–Trinajstić information content (AvgIpc) is 3.03. The smallest absolute Gasteiger partial charge is 0.254 e. The standard InChI is InChI=1S/C20H24N2O3/c1-13-18(24-2)9-15(10-19(13)25-3)20(23)22-11-16(17(21)12-22)14-7-5-4-6-8-14/h4-10,16-17H,11-12,21H2,1-3H3/t16-,17+/m0/s1. The largest absolute Gasteiger partial charge is 0.496 e. The molecule has 5 heteroatoms. The molecule has 1 aliphatic heterocycles. The molecule has 2 aromatic rings. The molecule has 1 heterocycles. The van der Waals surface area contributed by atoms with E-state index in [1.54, 1.807) is 26.4 Å². The number of amides is 1. The third-order valence-electron chi connectivity index (χ3n) is 4.88. The van der Waals surface area contributed by atoms with Gasteiger partial charge in [0.1, 0.15) is 11.5 Å². The Morgan fingerprint density at radius 3 is 2.24 bits per heavy atom. The number of hydrogen-bond donors (Lipinski definition) is 1. The van der Waals surface area contributed by atoms with Crippen LogP contribution in [0.2, 0.25) is 0 Å². The summed E-state index contributed by atoms with van der Waals surface area (Å²) in [6.45, 7) is 3.06. The summed E-state index contributed by atoms with van der Waals surface area (Å²) in [7, 11) is 3.18. The van der Waals surface area contributed by atoms with Gasteiger partial charge >= 0.3 is 0 Å². The summed E-state index contributed by atoms with van der Waals surface area (Å²) < 4.78 is 10.8. The van der Waals surface area contributed by atoms with E-state index in [1.165, 1.54) is 5.56 Å². The zero-order valence-corrected chi connectivity index (χ0v) is 14.9. The second-order valence-electron chi connectivity index (χ2n) is 6.40. The summed E-state index contributed by atoms with van der Waals surface area (Å²) in [6.07, 6.45) is 0. The molecule has 0 saturated carbocycles. The van der Waals surface area contributed by atoms with E-state index in [-0.39, 0.29) is 17.9 Å². The summed E-state index contributed by atoms with van der Waals surface area (Å²) >= 11 is 0. The molecule has 132 valence electrons. The van der Waals surface area contributed by atoms with Crippen molar-refractivity contribution in [1.82, 2.24) is 4.90 Å². The van der Waals surface area contributed by atoms with Gasteiger partial charge in [-0.2, -0.15) is 0 Å². The number of carbonyl (C=O) groups excluding carboxylic acids is 1. The van der Waals surface area contributed by atoms with E-state index in [0.717, 1.165) is 5.56 Å². The summed E-state index contributed by atoms with van der Waals surface area (Å²) in [5, 5.41) is 0. The van der Waals surface area contributed by atoms with Gasteiger partial charge in [-0.1, -0.05) is 30.3 Å².